The van der Waals surface area contributed by atoms with Gasteiger partial charge in [0.2, 0.25) is 5.91 Å². The summed E-state index contributed by atoms with van der Waals surface area (Å²) in [5.41, 5.74) is 1.28. The molecule has 0 N–H and O–H groups in total. The van der Waals surface area contributed by atoms with Gasteiger partial charge in [-0.3, -0.25) is 4.79 Å². The van der Waals surface area contributed by atoms with Crippen LogP contribution in [0, 0.1) is 5.92 Å². The predicted octanol–water partition coefficient (Wildman–Crippen LogP) is 1.87. The Balaban J connectivity index is 1.58. The van der Waals surface area contributed by atoms with Crippen LogP contribution in [0.4, 0.5) is 0 Å². The molecule has 3 heteroatoms. The number of carbonyl (C=O) groups is 1. The molecule has 96 valence electrons. The van der Waals surface area contributed by atoms with E-state index in [1.165, 1.54) is 5.56 Å². The van der Waals surface area contributed by atoms with Crippen molar-refractivity contribution in [3.63, 3.8) is 0 Å². The monoisotopic (exact) mass is 245 g/mol. The number of hydrogen-bond donors (Lipinski definition) is 0. The average molecular weight is 245 g/mol. The van der Waals surface area contributed by atoms with Crippen molar-refractivity contribution in [2.45, 2.75) is 25.4 Å². The van der Waals surface area contributed by atoms with Crippen LogP contribution in [0.3, 0.4) is 0 Å². The molecular weight excluding hydrogens is 226 g/mol. The van der Waals surface area contributed by atoms with Crippen molar-refractivity contribution in [1.82, 2.24) is 4.90 Å². The highest BCUT2D eigenvalue weighted by atomic mass is 16.5. The number of ether oxygens (including phenoxy) is 1. The van der Waals surface area contributed by atoms with Crippen molar-refractivity contribution in [2.24, 2.45) is 5.92 Å². The summed E-state index contributed by atoms with van der Waals surface area (Å²) < 4.78 is 5.77. The van der Waals surface area contributed by atoms with Gasteiger partial charge in [0.1, 0.15) is 0 Å². The molecule has 3 nitrogen and oxygen atoms in total. The smallest absolute Gasteiger partial charge is 0.225 e. The normalized spacial score (nSPS) is 24.0. The summed E-state index contributed by atoms with van der Waals surface area (Å²) in [5, 5.41) is 0. The predicted molar refractivity (Wildman–Crippen MR) is 69.2 cm³/mol. The number of hydrogen-bond acceptors (Lipinski definition) is 2. The number of benzene rings is 1. The van der Waals surface area contributed by atoms with Gasteiger partial charge in [0.15, 0.2) is 0 Å². The second-order valence-electron chi connectivity index (χ2n) is 5.24. The van der Waals surface area contributed by atoms with Crippen LogP contribution in [0.15, 0.2) is 30.3 Å². The minimum absolute atomic E-state index is 0.156. The lowest BCUT2D eigenvalue weighted by molar-refractivity contribution is -0.140. The maximum Gasteiger partial charge on any atom is 0.225 e. The molecule has 18 heavy (non-hydrogen) atoms. The third-order valence-electron chi connectivity index (χ3n) is 3.68. The zero-order chi connectivity index (χ0) is 12.4. The van der Waals surface area contributed by atoms with Gasteiger partial charge in [-0.2, -0.15) is 0 Å². The van der Waals surface area contributed by atoms with Gasteiger partial charge in [-0.15, -0.1) is 0 Å². The fraction of sp³-hybridized carbons (Fsp3) is 0.533. The number of nitrogens with zero attached hydrogens (tertiary/aromatic N) is 1. The van der Waals surface area contributed by atoms with E-state index in [-0.39, 0.29) is 6.10 Å². The molecular formula is C15H19NO2. The van der Waals surface area contributed by atoms with E-state index >= 15 is 0 Å². The van der Waals surface area contributed by atoms with Gasteiger partial charge in [-0.05, 0) is 18.4 Å². The average Bonchev–Trinajstić information content (AvgIpc) is 3.24. The first-order valence-electron chi connectivity index (χ1n) is 6.77. The Labute approximate surface area is 108 Å². The molecule has 0 radical (unpaired) electrons. The molecule has 1 saturated heterocycles. The molecule has 0 spiro atoms. The summed E-state index contributed by atoms with van der Waals surface area (Å²) in [6.07, 6.45) is 3.22. The molecule has 1 amide bonds. The van der Waals surface area contributed by atoms with Crippen LogP contribution in [-0.2, 0) is 16.0 Å². The van der Waals surface area contributed by atoms with Gasteiger partial charge in [-0.1, -0.05) is 30.3 Å². The van der Waals surface area contributed by atoms with Gasteiger partial charge >= 0.3 is 0 Å². The first kappa shape index (κ1) is 11.7. The quantitative estimate of drug-likeness (QED) is 0.813. The van der Waals surface area contributed by atoms with Crippen molar-refractivity contribution in [3.05, 3.63) is 35.9 Å². The van der Waals surface area contributed by atoms with E-state index in [9.17, 15) is 4.79 Å². The third kappa shape index (κ3) is 2.72. The zero-order valence-electron chi connectivity index (χ0n) is 10.5. The lowest BCUT2D eigenvalue weighted by atomic mass is 10.1. The summed E-state index contributed by atoms with van der Waals surface area (Å²) in [6, 6.07) is 10.3. The molecule has 0 aromatic heterocycles. The van der Waals surface area contributed by atoms with Crippen molar-refractivity contribution in [1.29, 1.82) is 0 Å². The van der Waals surface area contributed by atoms with Crippen LogP contribution in [0.2, 0.25) is 0 Å². The van der Waals surface area contributed by atoms with Gasteiger partial charge in [0, 0.05) is 25.4 Å². The first-order valence-corrected chi connectivity index (χ1v) is 6.77. The second-order valence-corrected chi connectivity index (χ2v) is 5.24. The Kier molecular flexibility index (Phi) is 3.33. The molecule has 0 bridgehead atoms. The molecule has 1 aromatic rings. The van der Waals surface area contributed by atoms with E-state index < -0.39 is 0 Å². The van der Waals surface area contributed by atoms with E-state index in [2.05, 4.69) is 12.1 Å². The topological polar surface area (TPSA) is 29.5 Å². The van der Waals surface area contributed by atoms with E-state index in [1.807, 2.05) is 23.1 Å². The molecule has 1 heterocycles. The Bertz CT molecular complexity index is 414. The molecule has 1 aromatic carbocycles. The van der Waals surface area contributed by atoms with Gasteiger partial charge in [0.05, 0.1) is 12.7 Å². The first-order chi connectivity index (χ1) is 8.83. The van der Waals surface area contributed by atoms with E-state index in [4.69, 9.17) is 4.74 Å². The highest BCUT2D eigenvalue weighted by molar-refractivity contribution is 5.81. The fourth-order valence-electron chi connectivity index (χ4n) is 2.51. The number of amides is 1. The number of rotatable bonds is 3. The summed E-state index contributed by atoms with van der Waals surface area (Å²) in [4.78, 5) is 14.0. The van der Waals surface area contributed by atoms with Crippen LogP contribution in [0.1, 0.15) is 18.4 Å². The Morgan fingerprint density at radius 3 is 2.78 bits per heavy atom. The zero-order valence-corrected chi connectivity index (χ0v) is 10.5. The Morgan fingerprint density at radius 1 is 1.28 bits per heavy atom. The van der Waals surface area contributed by atoms with E-state index in [1.54, 1.807) is 0 Å². The minimum atomic E-state index is 0.156. The van der Waals surface area contributed by atoms with Crippen molar-refractivity contribution in [3.8, 4) is 0 Å². The standard InChI is InChI=1S/C15H19NO2/c17-15(13-6-7-13)16-8-9-18-14(11-16)10-12-4-2-1-3-5-12/h1-5,13-14H,6-11H2. The van der Waals surface area contributed by atoms with Gasteiger partial charge < -0.3 is 9.64 Å². The minimum Gasteiger partial charge on any atom is -0.374 e. The molecule has 1 saturated carbocycles. The SMILES string of the molecule is O=C(C1CC1)N1CCOC(Cc2ccccc2)C1. The maximum atomic E-state index is 12.0. The molecule has 1 atom stereocenters. The maximum absolute atomic E-state index is 12.0. The van der Waals surface area contributed by atoms with Crippen molar-refractivity contribution >= 4 is 5.91 Å². The van der Waals surface area contributed by atoms with Crippen LogP contribution >= 0.6 is 0 Å². The highest BCUT2D eigenvalue weighted by Gasteiger charge is 2.35. The third-order valence-corrected chi connectivity index (χ3v) is 3.68. The molecule has 2 fully saturated rings. The molecule has 1 aliphatic heterocycles. The van der Waals surface area contributed by atoms with Gasteiger partial charge in [-0.25, -0.2) is 0 Å². The lowest BCUT2D eigenvalue weighted by Crippen LogP contribution is -2.46. The second kappa shape index (κ2) is 5.11. The molecule has 1 unspecified atom stereocenters. The highest BCUT2D eigenvalue weighted by Crippen LogP contribution is 2.31. The van der Waals surface area contributed by atoms with Gasteiger partial charge in [0.25, 0.3) is 0 Å². The van der Waals surface area contributed by atoms with Crippen LogP contribution in [0.5, 0.6) is 0 Å². The number of morpholine rings is 1. The summed E-state index contributed by atoms with van der Waals surface area (Å²) in [5.74, 6) is 0.664. The summed E-state index contributed by atoms with van der Waals surface area (Å²) in [6.45, 7) is 2.20. The van der Waals surface area contributed by atoms with E-state index in [0.717, 1.165) is 32.4 Å². The fourth-order valence-corrected chi connectivity index (χ4v) is 2.51. The molecule has 2 aliphatic rings. The van der Waals surface area contributed by atoms with Crippen molar-refractivity contribution < 1.29 is 9.53 Å². The summed E-state index contributed by atoms with van der Waals surface area (Å²) in [7, 11) is 0. The Hall–Kier alpha value is -1.35. The van der Waals surface area contributed by atoms with E-state index in [0.29, 0.717) is 18.4 Å². The van der Waals surface area contributed by atoms with Crippen LogP contribution < -0.4 is 0 Å². The molecule has 1 aliphatic carbocycles. The lowest BCUT2D eigenvalue weighted by Gasteiger charge is -2.33. The summed E-state index contributed by atoms with van der Waals surface area (Å²) >= 11 is 0. The van der Waals surface area contributed by atoms with Crippen LogP contribution in [-0.4, -0.2) is 36.6 Å². The van der Waals surface area contributed by atoms with Crippen molar-refractivity contribution in [2.75, 3.05) is 19.7 Å². The Morgan fingerprint density at radius 2 is 2.06 bits per heavy atom. The largest absolute Gasteiger partial charge is 0.374 e. The van der Waals surface area contributed by atoms with Crippen LogP contribution in [0.25, 0.3) is 0 Å². The molecule has 3 rings (SSSR count). The number of carbonyl (C=O) groups excluding carboxylic acids is 1.